The number of nitrogens with zero attached hydrogens (tertiary/aromatic N) is 1. The van der Waals surface area contributed by atoms with E-state index in [1.165, 1.54) is 0 Å². The Morgan fingerprint density at radius 1 is 1.53 bits per heavy atom. The van der Waals surface area contributed by atoms with Crippen LogP contribution < -0.4 is 0 Å². The van der Waals surface area contributed by atoms with Crippen molar-refractivity contribution in [3.8, 4) is 0 Å². The van der Waals surface area contributed by atoms with E-state index in [1.54, 1.807) is 0 Å². The minimum Gasteiger partial charge on any atom is -0.475 e. The molecule has 96 valence electrons. The average Bonchev–Trinajstić information content (AvgIpc) is 2.69. The van der Waals surface area contributed by atoms with E-state index < -0.39 is 23.8 Å². The largest absolute Gasteiger partial charge is 0.475 e. The second-order valence-corrected chi connectivity index (χ2v) is 3.29. The number of carbonyl (C=O) groups is 1. The van der Waals surface area contributed by atoms with Crippen LogP contribution in [0.3, 0.4) is 0 Å². The highest BCUT2D eigenvalue weighted by Gasteiger charge is 2.25. The Bertz CT molecular complexity index is 378. The summed E-state index contributed by atoms with van der Waals surface area (Å²) in [5, 5.41) is 8.64. The lowest BCUT2D eigenvalue weighted by Crippen LogP contribution is -2.00. The Morgan fingerprint density at radius 2 is 2.24 bits per heavy atom. The van der Waals surface area contributed by atoms with Crippen molar-refractivity contribution in [3.05, 3.63) is 17.3 Å². The molecule has 0 aromatic carbocycles. The van der Waals surface area contributed by atoms with Crippen LogP contribution in [0.5, 0.6) is 0 Å². The Balaban J connectivity index is 2.68. The molecule has 1 aromatic heterocycles. The predicted octanol–water partition coefficient (Wildman–Crippen LogP) is 2.28. The number of aromatic nitrogens is 1. The van der Waals surface area contributed by atoms with Crippen LogP contribution in [-0.2, 0) is 11.2 Å². The number of halogens is 2. The summed E-state index contributed by atoms with van der Waals surface area (Å²) in [6.07, 6.45) is -1.95. The number of hydrogen-bond donors (Lipinski definition) is 1. The number of carboxylic acids is 1. The van der Waals surface area contributed by atoms with Crippen LogP contribution in [0.4, 0.5) is 8.78 Å². The number of ether oxygens (including phenoxy) is 1. The molecule has 0 amide bonds. The molecule has 1 heterocycles. The van der Waals surface area contributed by atoms with Gasteiger partial charge in [-0.05, 0) is 6.42 Å². The molecule has 0 unspecified atom stereocenters. The molecule has 0 bridgehead atoms. The van der Waals surface area contributed by atoms with Crippen molar-refractivity contribution < 1.29 is 27.8 Å². The van der Waals surface area contributed by atoms with E-state index in [0.717, 1.165) is 6.42 Å². The summed E-state index contributed by atoms with van der Waals surface area (Å²) >= 11 is 0. The molecular formula is C10H13F2NO4. The fraction of sp³-hybridized carbons (Fsp3) is 0.600. The summed E-state index contributed by atoms with van der Waals surface area (Å²) in [5.41, 5.74) is -0.831. The van der Waals surface area contributed by atoms with Crippen molar-refractivity contribution in [1.29, 1.82) is 0 Å². The van der Waals surface area contributed by atoms with Crippen LogP contribution in [0.15, 0.2) is 4.42 Å². The summed E-state index contributed by atoms with van der Waals surface area (Å²) in [6.45, 7) is 2.74. The van der Waals surface area contributed by atoms with Gasteiger partial charge in [-0.15, -0.1) is 0 Å². The maximum Gasteiger partial charge on any atom is 0.374 e. The van der Waals surface area contributed by atoms with Crippen molar-refractivity contribution in [2.45, 2.75) is 26.2 Å². The molecule has 1 rings (SSSR count). The van der Waals surface area contributed by atoms with Gasteiger partial charge in [-0.3, -0.25) is 0 Å². The predicted molar refractivity (Wildman–Crippen MR) is 53.2 cm³/mol. The Labute approximate surface area is 96.4 Å². The topological polar surface area (TPSA) is 72.6 Å². The third kappa shape index (κ3) is 3.77. The summed E-state index contributed by atoms with van der Waals surface area (Å²) < 4.78 is 34.7. The number of rotatable bonds is 7. The van der Waals surface area contributed by atoms with Crippen molar-refractivity contribution >= 4 is 5.97 Å². The SMILES string of the molecule is CCCOCCc1nc(C(F)F)c(C(=O)O)o1. The minimum absolute atomic E-state index is 0.0474. The molecule has 7 heteroatoms. The zero-order chi connectivity index (χ0) is 12.8. The molecule has 5 nitrogen and oxygen atoms in total. The van der Waals surface area contributed by atoms with Gasteiger partial charge in [-0.25, -0.2) is 18.6 Å². The van der Waals surface area contributed by atoms with Gasteiger partial charge >= 0.3 is 5.97 Å². The van der Waals surface area contributed by atoms with Crippen molar-refractivity contribution in [3.63, 3.8) is 0 Å². The minimum atomic E-state index is -2.96. The smallest absolute Gasteiger partial charge is 0.374 e. The molecule has 1 aromatic rings. The highest BCUT2D eigenvalue weighted by atomic mass is 19.3. The molecule has 17 heavy (non-hydrogen) atoms. The summed E-state index contributed by atoms with van der Waals surface area (Å²) in [5.74, 6) is -2.40. The van der Waals surface area contributed by atoms with E-state index in [0.29, 0.717) is 6.61 Å². The molecule has 0 aliphatic heterocycles. The first-order chi connectivity index (χ1) is 8.06. The maximum absolute atomic E-state index is 12.4. The monoisotopic (exact) mass is 249 g/mol. The van der Waals surface area contributed by atoms with Gasteiger partial charge in [0.25, 0.3) is 6.43 Å². The van der Waals surface area contributed by atoms with Crippen LogP contribution in [0, 0.1) is 0 Å². The Hall–Kier alpha value is -1.50. The van der Waals surface area contributed by atoms with Crippen molar-refractivity contribution in [2.75, 3.05) is 13.2 Å². The fourth-order valence-corrected chi connectivity index (χ4v) is 1.19. The second-order valence-electron chi connectivity index (χ2n) is 3.29. The maximum atomic E-state index is 12.4. The first-order valence-corrected chi connectivity index (χ1v) is 5.15. The van der Waals surface area contributed by atoms with Gasteiger partial charge < -0.3 is 14.3 Å². The zero-order valence-corrected chi connectivity index (χ0v) is 9.28. The second kappa shape index (κ2) is 6.29. The van der Waals surface area contributed by atoms with Gasteiger partial charge in [0.15, 0.2) is 11.6 Å². The molecule has 0 saturated carbocycles. The molecule has 0 aliphatic rings. The highest BCUT2D eigenvalue weighted by molar-refractivity contribution is 5.85. The van der Waals surface area contributed by atoms with Gasteiger partial charge in [0.05, 0.1) is 6.61 Å². The number of hydrogen-bond acceptors (Lipinski definition) is 4. The summed E-state index contributed by atoms with van der Waals surface area (Å²) in [6, 6.07) is 0. The van der Waals surface area contributed by atoms with E-state index in [-0.39, 0.29) is 18.9 Å². The van der Waals surface area contributed by atoms with E-state index >= 15 is 0 Å². The average molecular weight is 249 g/mol. The zero-order valence-electron chi connectivity index (χ0n) is 9.28. The third-order valence-corrected chi connectivity index (χ3v) is 1.91. The Kier molecular flexibility index (Phi) is 5.02. The molecule has 0 atom stereocenters. The lowest BCUT2D eigenvalue weighted by Gasteiger charge is -1.98. The van der Waals surface area contributed by atoms with Gasteiger partial charge in [0, 0.05) is 13.0 Å². The normalized spacial score (nSPS) is 11.1. The molecule has 0 saturated heterocycles. The lowest BCUT2D eigenvalue weighted by molar-refractivity contribution is 0.0642. The summed E-state index contributed by atoms with van der Waals surface area (Å²) in [4.78, 5) is 14.1. The molecule has 0 aliphatic carbocycles. The van der Waals surface area contributed by atoms with Crippen molar-refractivity contribution in [1.82, 2.24) is 4.98 Å². The first kappa shape index (κ1) is 13.6. The van der Waals surface area contributed by atoms with Crippen molar-refractivity contribution in [2.24, 2.45) is 0 Å². The van der Waals surface area contributed by atoms with Crippen LogP contribution in [0.25, 0.3) is 0 Å². The molecule has 0 fully saturated rings. The van der Waals surface area contributed by atoms with E-state index in [9.17, 15) is 13.6 Å². The van der Waals surface area contributed by atoms with Crippen LogP contribution in [-0.4, -0.2) is 29.3 Å². The quantitative estimate of drug-likeness (QED) is 0.750. The van der Waals surface area contributed by atoms with Gasteiger partial charge in [0.2, 0.25) is 5.76 Å². The number of alkyl halides is 2. The first-order valence-electron chi connectivity index (χ1n) is 5.15. The molecular weight excluding hydrogens is 236 g/mol. The number of oxazole rings is 1. The van der Waals surface area contributed by atoms with E-state index in [2.05, 4.69) is 4.98 Å². The van der Waals surface area contributed by atoms with Crippen LogP contribution in [0.2, 0.25) is 0 Å². The van der Waals surface area contributed by atoms with Gasteiger partial charge in [-0.1, -0.05) is 6.92 Å². The van der Waals surface area contributed by atoms with E-state index in [4.69, 9.17) is 14.3 Å². The standard InChI is InChI=1S/C10H13F2NO4/c1-2-4-16-5-3-6-13-7(9(11)12)8(17-6)10(14)15/h9H,2-5H2,1H3,(H,14,15). The summed E-state index contributed by atoms with van der Waals surface area (Å²) in [7, 11) is 0. The molecule has 0 radical (unpaired) electrons. The van der Waals surface area contributed by atoms with Gasteiger partial charge in [0.1, 0.15) is 0 Å². The lowest BCUT2D eigenvalue weighted by atomic mass is 10.3. The number of carboxylic acid groups (broad SMARTS) is 1. The highest BCUT2D eigenvalue weighted by Crippen LogP contribution is 2.23. The molecule has 1 N–H and O–H groups in total. The Morgan fingerprint density at radius 3 is 2.71 bits per heavy atom. The fourth-order valence-electron chi connectivity index (χ4n) is 1.19. The van der Waals surface area contributed by atoms with E-state index in [1.807, 2.05) is 6.92 Å². The van der Waals surface area contributed by atoms with Crippen LogP contribution in [0.1, 0.15) is 41.9 Å². The number of aromatic carboxylic acids is 1. The molecule has 0 spiro atoms. The van der Waals surface area contributed by atoms with Gasteiger partial charge in [-0.2, -0.15) is 0 Å². The van der Waals surface area contributed by atoms with Crippen LogP contribution >= 0.6 is 0 Å². The third-order valence-electron chi connectivity index (χ3n) is 1.91.